The largest absolute Gasteiger partial charge is 0.378 e. The number of nitrogens with zero attached hydrogens (tertiary/aromatic N) is 3. The van der Waals surface area contributed by atoms with Crippen LogP contribution in [0.3, 0.4) is 0 Å². The van der Waals surface area contributed by atoms with Crippen molar-refractivity contribution >= 4 is 15.9 Å². The van der Waals surface area contributed by atoms with Gasteiger partial charge in [0.05, 0.1) is 12.3 Å². The maximum Gasteiger partial charge on any atom is 0.265 e. The molecule has 0 radical (unpaired) electrons. The molecule has 90 valence electrons. The normalized spacial score (nSPS) is 10.8. The van der Waals surface area contributed by atoms with Gasteiger partial charge in [-0.1, -0.05) is 0 Å². The second-order valence-electron chi connectivity index (χ2n) is 3.48. The van der Waals surface area contributed by atoms with Crippen molar-refractivity contribution in [2.75, 3.05) is 7.11 Å². The molecule has 17 heavy (non-hydrogen) atoms. The molecule has 6 nitrogen and oxygen atoms in total. The van der Waals surface area contributed by atoms with Gasteiger partial charge in [0.1, 0.15) is 10.2 Å². The van der Waals surface area contributed by atoms with Crippen LogP contribution in [-0.4, -0.2) is 26.9 Å². The maximum atomic E-state index is 11.7. The molecule has 0 saturated carbocycles. The van der Waals surface area contributed by atoms with Crippen molar-refractivity contribution in [3.8, 4) is 11.5 Å². The summed E-state index contributed by atoms with van der Waals surface area (Å²) in [6.45, 7) is 0.268. The number of hydrogen-bond donors (Lipinski definition) is 1. The number of nitrogens with one attached hydrogen (secondary N) is 1. The monoisotopic (exact) mass is 298 g/mol. The van der Waals surface area contributed by atoms with Crippen LogP contribution in [0.25, 0.3) is 11.5 Å². The third kappa shape index (κ3) is 2.45. The summed E-state index contributed by atoms with van der Waals surface area (Å²) in [6.07, 6.45) is 1.79. The molecule has 0 atom stereocenters. The van der Waals surface area contributed by atoms with Gasteiger partial charge in [0, 0.05) is 20.4 Å². The first-order valence-corrected chi connectivity index (χ1v) is 5.68. The molecule has 2 rings (SSSR count). The van der Waals surface area contributed by atoms with Crippen LogP contribution < -0.4 is 5.56 Å². The fraction of sp³-hybridized carbons (Fsp3) is 0.300. The van der Waals surface area contributed by atoms with E-state index in [1.165, 1.54) is 0 Å². The van der Waals surface area contributed by atoms with E-state index in [9.17, 15) is 4.79 Å². The van der Waals surface area contributed by atoms with Gasteiger partial charge < -0.3 is 9.72 Å². The lowest BCUT2D eigenvalue weighted by Crippen LogP contribution is -2.14. The molecule has 0 unspecified atom stereocenters. The summed E-state index contributed by atoms with van der Waals surface area (Å²) in [7, 11) is 3.35. The van der Waals surface area contributed by atoms with Gasteiger partial charge in [-0.25, -0.2) is 4.98 Å². The van der Waals surface area contributed by atoms with E-state index in [1.54, 1.807) is 31.1 Å². The number of halogens is 1. The fourth-order valence-electron chi connectivity index (χ4n) is 1.40. The molecule has 0 spiro atoms. The van der Waals surface area contributed by atoms with Crippen LogP contribution in [0.4, 0.5) is 0 Å². The Bertz CT molecular complexity index is 590. The van der Waals surface area contributed by atoms with Gasteiger partial charge in [-0.3, -0.25) is 9.48 Å². The lowest BCUT2D eigenvalue weighted by atomic mass is 10.3. The zero-order chi connectivity index (χ0) is 12.4. The zero-order valence-electron chi connectivity index (χ0n) is 9.40. The Morgan fingerprint density at radius 1 is 1.59 bits per heavy atom. The number of H-pyrrole nitrogens is 1. The highest BCUT2D eigenvalue weighted by molar-refractivity contribution is 9.10. The number of aromatic amines is 1. The molecule has 0 aromatic carbocycles. The average Bonchev–Trinajstić information content (AvgIpc) is 2.71. The highest BCUT2D eigenvalue weighted by atomic mass is 79.9. The Hall–Kier alpha value is -1.47. The topological polar surface area (TPSA) is 72.8 Å². The second-order valence-corrected chi connectivity index (χ2v) is 4.28. The van der Waals surface area contributed by atoms with E-state index in [2.05, 4.69) is 31.0 Å². The van der Waals surface area contributed by atoms with Crippen molar-refractivity contribution in [2.24, 2.45) is 7.05 Å². The number of hydrogen-bond acceptors (Lipinski definition) is 4. The summed E-state index contributed by atoms with van der Waals surface area (Å²) >= 11 is 3.18. The fourth-order valence-corrected chi connectivity index (χ4v) is 1.70. The maximum absolute atomic E-state index is 11.7. The smallest absolute Gasteiger partial charge is 0.265 e. The highest BCUT2D eigenvalue weighted by Crippen LogP contribution is 2.15. The average molecular weight is 299 g/mol. The van der Waals surface area contributed by atoms with Crippen LogP contribution in [0, 0.1) is 0 Å². The van der Waals surface area contributed by atoms with Crippen LogP contribution in [-0.2, 0) is 18.4 Å². The second kappa shape index (κ2) is 4.80. The van der Waals surface area contributed by atoms with Gasteiger partial charge in [-0.2, -0.15) is 5.10 Å². The Labute approximate surface area is 106 Å². The molecule has 7 heteroatoms. The van der Waals surface area contributed by atoms with Crippen LogP contribution in [0.5, 0.6) is 0 Å². The molecular weight excluding hydrogens is 288 g/mol. The van der Waals surface area contributed by atoms with Crippen molar-refractivity contribution in [2.45, 2.75) is 6.61 Å². The first-order valence-electron chi connectivity index (χ1n) is 4.89. The molecule has 2 aromatic heterocycles. The van der Waals surface area contributed by atoms with Gasteiger partial charge in [0.25, 0.3) is 5.56 Å². The van der Waals surface area contributed by atoms with Crippen LogP contribution >= 0.6 is 15.9 Å². The van der Waals surface area contributed by atoms with Crippen molar-refractivity contribution in [1.82, 2.24) is 19.7 Å². The van der Waals surface area contributed by atoms with E-state index < -0.39 is 0 Å². The minimum Gasteiger partial charge on any atom is -0.378 e. The Kier molecular flexibility index (Phi) is 3.39. The Balaban J connectivity index is 2.52. The number of aryl methyl sites for hydroxylation is 1. The van der Waals surface area contributed by atoms with Crippen molar-refractivity contribution in [3.05, 3.63) is 32.8 Å². The molecule has 0 fully saturated rings. The summed E-state index contributed by atoms with van der Waals surface area (Å²) < 4.78 is 7.02. The van der Waals surface area contributed by atoms with Gasteiger partial charge in [0.15, 0.2) is 5.82 Å². The molecule has 0 aliphatic carbocycles. The lowest BCUT2D eigenvalue weighted by Gasteiger charge is -2.03. The van der Waals surface area contributed by atoms with E-state index >= 15 is 0 Å². The Morgan fingerprint density at radius 2 is 2.35 bits per heavy atom. The predicted octanol–water partition coefficient (Wildman–Crippen LogP) is 1.08. The molecule has 2 aromatic rings. The van der Waals surface area contributed by atoms with E-state index in [-0.39, 0.29) is 12.2 Å². The van der Waals surface area contributed by atoms with Gasteiger partial charge in [0.2, 0.25) is 0 Å². The summed E-state index contributed by atoms with van der Waals surface area (Å²) in [5.74, 6) is 0.436. The van der Waals surface area contributed by atoms with Crippen LogP contribution in [0.2, 0.25) is 0 Å². The standard InChI is InChI=1S/C10H11BrN4O2/c1-15-4-3-6(14-15)9-12-7(5-17-2)8(11)10(16)13-9/h3-4H,5H2,1-2H3,(H,12,13,16). The minimum absolute atomic E-state index is 0.243. The molecule has 0 amide bonds. The summed E-state index contributed by atoms with van der Waals surface area (Å²) in [5, 5.41) is 4.18. The van der Waals surface area contributed by atoms with Gasteiger partial charge >= 0.3 is 0 Å². The number of ether oxygens (including phenoxy) is 1. The van der Waals surface area contributed by atoms with Gasteiger partial charge in [-0.15, -0.1) is 0 Å². The van der Waals surface area contributed by atoms with Crippen molar-refractivity contribution in [1.29, 1.82) is 0 Å². The van der Waals surface area contributed by atoms with Gasteiger partial charge in [-0.05, 0) is 22.0 Å². The quantitative estimate of drug-likeness (QED) is 0.920. The molecule has 1 N–H and O–H groups in total. The summed E-state index contributed by atoms with van der Waals surface area (Å²) in [6, 6.07) is 1.78. The first-order chi connectivity index (χ1) is 8.11. The van der Waals surface area contributed by atoms with Crippen LogP contribution in [0.1, 0.15) is 5.69 Å². The highest BCUT2D eigenvalue weighted by Gasteiger charge is 2.11. The number of methoxy groups -OCH3 is 1. The third-order valence-electron chi connectivity index (χ3n) is 2.17. The molecule has 0 saturated heterocycles. The third-order valence-corrected chi connectivity index (χ3v) is 2.99. The zero-order valence-corrected chi connectivity index (χ0v) is 11.0. The minimum atomic E-state index is -0.243. The van der Waals surface area contributed by atoms with Crippen molar-refractivity contribution < 1.29 is 4.74 Å². The van der Waals surface area contributed by atoms with E-state index in [0.29, 0.717) is 21.7 Å². The molecular formula is C10H11BrN4O2. The lowest BCUT2D eigenvalue weighted by molar-refractivity contribution is 0.180. The SMILES string of the molecule is COCc1nc(-c2ccn(C)n2)[nH]c(=O)c1Br. The number of aromatic nitrogens is 4. The molecule has 2 heterocycles. The first kappa shape index (κ1) is 12.0. The Morgan fingerprint density at radius 3 is 2.94 bits per heavy atom. The number of rotatable bonds is 3. The molecule has 0 bridgehead atoms. The summed E-state index contributed by atoms with van der Waals surface area (Å²) in [5.41, 5.74) is 0.930. The van der Waals surface area contributed by atoms with Crippen molar-refractivity contribution in [3.63, 3.8) is 0 Å². The van der Waals surface area contributed by atoms with E-state index in [1.807, 2.05) is 0 Å². The molecule has 0 aliphatic rings. The predicted molar refractivity (Wildman–Crippen MR) is 65.5 cm³/mol. The summed E-state index contributed by atoms with van der Waals surface area (Å²) in [4.78, 5) is 18.6. The van der Waals surface area contributed by atoms with E-state index in [4.69, 9.17) is 4.74 Å². The van der Waals surface area contributed by atoms with Crippen LogP contribution in [0.15, 0.2) is 21.5 Å². The van der Waals surface area contributed by atoms with E-state index in [0.717, 1.165) is 0 Å². The molecule has 0 aliphatic heterocycles.